The van der Waals surface area contributed by atoms with Crippen LogP contribution in [0.3, 0.4) is 0 Å². The van der Waals surface area contributed by atoms with Gasteiger partial charge in [-0.3, -0.25) is 4.90 Å². The number of hydrogen-bond acceptors (Lipinski definition) is 4. The highest BCUT2D eigenvalue weighted by Crippen LogP contribution is 2.26. The first-order chi connectivity index (χ1) is 12.2. The standard InChI is InChI=1S/C19H28N4O2.HI/c1-3-20-19(21-13-15-6-7-18(25-2)17(24)12-15)23-11-8-16(14-23)22-9-4-5-10-22;/h4-7,12,16,24H,3,8-11,13-14H2,1-2H3,(H,20,21);1H. The molecular weight excluding hydrogens is 443 g/mol. The Kier molecular flexibility index (Phi) is 8.02. The zero-order valence-electron chi connectivity index (χ0n) is 15.5. The fraction of sp³-hybridized carbons (Fsp3) is 0.526. The lowest BCUT2D eigenvalue weighted by Crippen LogP contribution is -2.42. The van der Waals surface area contributed by atoms with E-state index in [0.29, 0.717) is 18.3 Å². The number of halogens is 1. The summed E-state index contributed by atoms with van der Waals surface area (Å²) in [5, 5.41) is 13.3. The SMILES string of the molecule is CCNC(=NCc1ccc(OC)c(O)c1)N1CCC(N2CC=CC2)C1.I. The quantitative estimate of drug-likeness (QED) is 0.299. The van der Waals surface area contributed by atoms with Crippen molar-refractivity contribution in [3.63, 3.8) is 0 Å². The Balaban J connectivity index is 0.00000243. The highest BCUT2D eigenvalue weighted by molar-refractivity contribution is 14.0. The van der Waals surface area contributed by atoms with Crippen molar-refractivity contribution in [2.75, 3.05) is 39.8 Å². The van der Waals surface area contributed by atoms with Crippen LogP contribution in [-0.2, 0) is 6.54 Å². The predicted molar refractivity (Wildman–Crippen MR) is 116 cm³/mol. The van der Waals surface area contributed by atoms with Crippen LogP contribution in [0.4, 0.5) is 0 Å². The van der Waals surface area contributed by atoms with Crippen molar-refractivity contribution in [2.24, 2.45) is 4.99 Å². The molecule has 1 atom stereocenters. The summed E-state index contributed by atoms with van der Waals surface area (Å²) in [5.41, 5.74) is 0.966. The molecule has 0 saturated carbocycles. The largest absolute Gasteiger partial charge is 0.504 e. The van der Waals surface area contributed by atoms with Gasteiger partial charge in [-0.05, 0) is 31.0 Å². The van der Waals surface area contributed by atoms with Gasteiger partial charge in [0, 0.05) is 38.8 Å². The number of rotatable bonds is 5. The third-order valence-corrected chi connectivity index (χ3v) is 4.82. The van der Waals surface area contributed by atoms with Crippen molar-refractivity contribution in [2.45, 2.75) is 25.9 Å². The molecule has 1 aromatic rings. The zero-order valence-corrected chi connectivity index (χ0v) is 17.8. The first-order valence-corrected chi connectivity index (χ1v) is 8.99. The minimum absolute atomic E-state index is 0. The van der Waals surface area contributed by atoms with Gasteiger partial charge in [-0.15, -0.1) is 24.0 Å². The van der Waals surface area contributed by atoms with Crippen molar-refractivity contribution < 1.29 is 9.84 Å². The Labute approximate surface area is 172 Å². The van der Waals surface area contributed by atoms with Crippen molar-refractivity contribution in [1.82, 2.24) is 15.1 Å². The van der Waals surface area contributed by atoms with Crippen LogP contribution in [0.1, 0.15) is 18.9 Å². The Morgan fingerprint density at radius 2 is 2.12 bits per heavy atom. The van der Waals surface area contributed by atoms with Gasteiger partial charge in [-0.1, -0.05) is 18.2 Å². The van der Waals surface area contributed by atoms with E-state index in [1.54, 1.807) is 19.2 Å². The summed E-state index contributed by atoms with van der Waals surface area (Å²) < 4.78 is 5.09. The normalized spacial score (nSPS) is 20.3. The van der Waals surface area contributed by atoms with Crippen LogP contribution in [0.15, 0.2) is 35.3 Å². The summed E-state index contributed by atoms with van der Waals surface area (Å²) in [6.45, 7) is 7.65. The zero-order chi connectivity index (χ0) is 17.6. The number of benzene rings is 1. The van der Waals surface area contributed by atoms with Gasteiger partial charge in [-0.2, -0.15) is 0 Å². The Bertz CT molecular complexity index is 642. The van der Waals surface area contributed by atoms with Gasteiger partial charge in [0.1, 0.15) is 0 Å². The maximum Gasteiger partial charge on any atom is 0.194 e. The molecule has 0 spiro atoms. The number of aliphatic imine (C=N–C) groups is 1. The van der Waals surface area contributed by atoms with Gasteiger partial charge >= 0.3 is 0 Å². The minimum atomic E-state index is 0. The number of ether oxygens (including phenoxy) is 1. The number of hydrogen-bond donors (Lipinski definition) is 2. The highest BCUT2D eigenvalue weighted by atomic mass is 127. The molecule has 7 heteroatoms. The number of phenols is 1. The van der Waals surface area contributed by atoms with E-state index in [1.807, 2.05) is 6.07 Å². The maximum absolute atomic E-state index is 9.92. The van der Waals surface area contributed by atoms with Crippen LogP contribution in [0, 0.1) is 0 Å². The number of methoxy groups -OCH3 is 1. The van der Waals surface area contributed by atoms with E-state index in [-0.39, 0.29) is 29.7 Å². The smallest absolute Gasteiger partial charge is 0.194 e. The fourth-order valence-electron chi connectivity index (χ4n) is 3.45. The molecule has 2 aliphatic heterocycles. The average molecular weight is 472 g/mol. The van der Waals surface area contributed by atoms with E-state index < -0.39 is 0 Å². The summed E-state index contributed by atoms with van der Waals surface area (Å²) in [6, 6.07) is 6.03. The lowest BCUT2D eigenvalue weighted by Gasteiger charge is -2.25. The van der Waals surface area contributed by atoms with E-state index >= 15 is 0 Å². The molecule has 0 aromatic heterocycles. The third kappa shape index (κ3) is 5.03. The Morgan fingerprint density at radius 1 is 1.35 bits per heavy atom. The number of nitrogens with zero attached hydrogens (tertiary/aromatic N) is 3. The molecule has 1 fully saturated rings. The molecule has 1 aromatic carbocycles. The molecule has 26 heavy (non-hydrogen) atoms. The predicted octanol–water partition coefficient (Wildman–Crippen LogP) is 2.43. The molecule has 2 heterocycles. The van der Waals surface area contributed by atoms with E-state index in [1.165, 1.54) is 6.42 Å². The van der Waals surface area contributed by atoms with Gasteiger partial charge in [0.2, 0.25) is 0 Å². The summed E-state index contributed by atoms with van der Waals surface area (Å²) in [7, 11) is 1.55. The molecule has 0 aliphatic carbocycles. The first-order valence-electron chi connectivity index (χ1n) is 8.99. The second kappa shape index (κ2) is 10.0. The van der Waals surface area contributed by atoms with Crippen LogP contribution >= 0.6 is 24.0 Å². The second-order valence-electron chi connectivity index (χ2n) is 6.49. The molecule has 6 nitrogen and oxygen atoms in total. The minimum Gasteiger partial charge on any atom is -0.504 e. The lowest BCUT2D eigenvalue weighted by molar-refractivity contribution is 0.259. The molecular formula is C19H29IN4O2. The first kappa shape index (κ1) is 20.8. The molecule has 3 rings (SSSR count). The fourth-order valence-corrected chi connectivity index (χ4v) is 3.45. The average Bonchev–Trinajstić information content (AvgIpc) is 3.29. The highest BCUT2D eigenvalue weighted by Gasteiger charge is 2.29. The van der Waals surface area contributed by atoms with Crippen LogP contribution in [0.2, 0.25) is 0 Å². The lowest BCUT2D eigenvalue weighted by atomic mass is 10.2. The van der Waals surface area contributed by atoms with Crippen molar-refractivity contribution in [1.29, 1.82) is 0 Å². The van der Waals surface area contributed by atoms with Gasteiger partial charge in [0.25, 0.3) is 0 Å². The maximum atomic E-state index is 9.92. The Morgan fingerprint density at radius 3 is 2.77 bits per heavy atom. The molecule has 0 bridgehead atoms. The second-order valence-corrected chi connectivity index (χ2v) is 6.49. The van der Waals surface area contributed by atoms with E-state index in [2.05, 4.69) is 34.2 Å². The number of aromatic hydroxyl groups is 1. The number of likely N-dealkylation sites (tertiary alicyclic amines) is 1. The summed E-state index contributed by atoms with van der Waals surface area (Å²) in [4.78, 5) is 9.63. The summed E-state index contributed by atoms with van der Waals surface area (Å²) >= 11 is 0. The third-order valence-electron chi connectivity index (χ3n) is 4.82. The number of guanidine groups is 1. The molecule has 0 radical (unpaired) electrons. The van der Waals surface area contributed by atoms with Crippen molar-refractivity contribution in [3.05, 3.63) is 35.9 Å². The van der Waals surface area contributed by atoms with Gasteiger partial charge in [0.05, 0.1) is 13.7 Å². The molecule has 2 aliphatic rings. The van der Waals surface area contributed by atoms with Crippen LogP contribution < -0.4 is 10.1 Å². The monoisotopic (exact) mass is 472 g/mol. The summed E-state index contributed by atoms with van der Waals surface area (Å²) in [6.07, 6.45) is 5.67. The number of nitrogens with one attached hydrogen (secondary N) is 1. The van der Waals surface area contributed by atoms with Crippen LogP contribution in [0.5, 0.6) is 11.5 Å². The van der Waals surface area contributed by atoms with Gasteiger partial charge in [0.15, 0.2) is 17.5 Å². The van der Waals surface area contributed by atoms with Crippen LogP contribution in [-0.4, -0.2) is 66.7 Å². The number of phenolic OH excluding ortho intramolecular Hbond substituents is 1. The van der Waals surface area contributed by atoms with Gasteiger partial charge in [-0.25, -0.2) is 4.99 Å². The topological polar surface area (TPSA) is 60.3 Å². The van der Waals surface area contributed by atoms with Gasteiger partial charge < -0.3 is 20.1 Å². The molecule has 1 saturated heterocycles. The molecule has 1 unspecified atom stereocenters. The van der Waals surface area contributed by atoms with E-state index in [4.69, 9.17) is 9.73 Å². The van der Waals surface area contributed by atoms with Crippen LogP contribution in [0.25, 0.3) is 0 Å². The molecule has 2 N–H and O–H groups in total. The Hall–Kier alpha value is -1.48. The van der Waals surface area contributed by atoms with Crippen molar-refractivity contribution >= 4 is 29.9 Å². The molecule has 144 valence electrons. The van der Waals surface area contributed by atoms with E-state index in [9.17, 15) is 5.11 Å². The summed E-state index contributed by atoms with van der Waals surface area (Å²) in [5.74, 6) is 1.59. The van der Waals surface area contributed by atoms with Crippen molar-refractivity contribution in [3.8, 4) is 11.5 Å². The molecule has 0 amide bonds. The van der Waals surface area contributed by atoms with E-state index in [0.717, 1.165) is 44.2 Å².